The van der Waals surface area contributed by atoms with Crippen molar-refractivity contribution in [3.63, 3.8) is 0 Å². The van der Waals surface area contributed by atoms with Crippen LogP contribution in [-0.2, 0) is 38.1 Å². The van der Waals surface area contributed by atoms with Crippen LogP contribution in [0.2, 0.25) is 0 Å². The number of hydrogen-bond donors (Lipinski definition) is 1. The molecule has 0 radical (unpaired) electrons. The van der Waals surface area contributed by atoms with E-state index in [0.29, 0.717) is 12.8 Å². The minimum atomic E-state index is -1.20. The molecule has 0 aromatic carbocycles. The largest absolute Gasteiger partial charge is 0.497 e. The molecule has 0 bridgehead atoms. The summed E-state index contributed by atoms with van der Waals surface area (Å²) >= 11 is 0. The molecule has 190 valence electrons. The normalized spacial score (nSPS) is 34.0. The first kappa shape index (κ1) is 24.9. The molecular weight excluding hydrogens is 456 g/mol. The van der Waals surface area contributed by atoms with Gasteiger partial charge in [0.2, 0.25) is 0 Å². The van der Waals surface area contributed by atoms with Crippen LogP contribution in [0, 0.1) is 11.8 Å². The molecule has 0 amide bonds. The van der Waals surface area contributed by atoms with Gasteiger partial charge in [0.1, 0.15) is 16.9 Å². The lowest BCUT2D eigenvalue weighted by molar-refractivity contribution is -0.269. The van der Waals surface area contributed by atoms with Crippen molar-refractivity contribution in [3.8, 4) is 0 Å². The highest BCUT2D eigenvalue weighted by molar-refractivity contribution is 6.15. The zero-order chi connectivity index (χ0) is 25.2. The zero-order valence-corrected chi connectivity index (χ0v) is 20.3. The van der Waals surface area contributed by atoms with Gasteiger partial charge >= 0.3 is 17.9 Å². The van der Waals surface area contributed by atoms with E-state index < -0.39 is 35.4 Å². The molecule has 2 spiro atoms. The molecule has 2 heterocycles. The van der Waals surface area contributed by atoms with Crippen molar-refractivity contribution in [2.24, 2.45) is 11.8 Å². The first-order valence-electron chi connectivity index (χ1n) is 12.2. The molecule has 3 atom stereocenters. The highest BCUT2D eigenvalue weighted by Crippen LogP contribution is 2.43. The first-order valence-corrected chi connectivity index (χ1v) is 12.2. The second kappa shape index (κ2) is 9.79. The van der Waals surface area contributed by atoms with E-state index in [1.807, 2.05) is 13.8 Å². The number of allylic oxidation sites excluding steroid dienone is 3. The van der Waals surface area contributed by atoms with Gasteiger partial charge in [-0.2, -0.15) is 0 Å². The molecule has 9 nitrogen and oxygen atoms in total. The van der Waals surface area contributed by atoms with Crippen molar-refractivity contribution in [2.75, 3.05) is 7.11 Å². The summed E-state index contributed by atoms with van der Waals surface area (Å²) in [4.78, 5) is 37.8. The maximum Gasteiger partial charge on any atom is 0.348 e. The van der Waals surface area contributed by atoms with E-state index in [2.05, 4.69) is 0 Å². The second-order valence-electron chi connectivity index (χ2n) is 9.59. The third-order valence-corrected chi connectivity index (χ3v) is 7.35. The number of hydrogen-bond acceptors (Lipinski definition) is 9. The number of aliphatic hydroxyl groups is 1. The molecule has 35 heavy (non-hydrogen) atoms. The number of methoxy groups -OCH3 is 1. The fraction of sp³-hybridized carbons (Fsp3) is 0.577. The highest BCUT2D eigenvalue weighted by atomic mass is 16.8. The van der Waals surface area contributed by atoms with Gasteiger partial charge in [0.15, 0.2) is 0 Å². The van der Waals surface area contributed by atoms with Gasteiger partial charge in [-0.3, -0.25) is 0 Å². The van der Waals surface area contributed by atoms with Crippen molar-refractivity contribution in [3.05, 3.63) is 47.2 Å². The van der Waals surface area contributed by atoms with Crippen LogP contribution in [0.5, 0.6) is 0 Å². The smallest absolute Gasteiger partial charge is 0.348 e. The van der Waals surface area contributed by atoms with Crippen LogP contribution < -0.4 is 0 Å². The van der Waals surface area contributed by atoms with Crippen LogP contribution in [0.4, 0.5) is 0 Å². The molecule has 4 aliphatic rings. The summed E-state index contributed by atoms with van der Waals surface area (Å²) in [6, 6.07) is 0. The lowest BCUT2D eigenvalue weighted by Gasteiger charge is -2.43. The van der Waals surface area contributed by atoms with E-state index in [9.17, 15) is 19.5 Å². The van der Waals surface area contributed by atoms with Crippen molar-refractivity contribution in [1.82, 2.24) is 0 Å². The average Bonchev–Trinajstić information content (AvgIpc) is 2.80. The van der Waals surface area contributed by atoms with Crippen molar-refractivity contribution >= 4 is 17.9 Å². The highest BCUT2D eigenvalue weighted by Gasteiger charge is 2.51. The monoisotopic (exact) mass is 488 g/mol. The Bertz CT molecular complexity index is 998. The van der Waals surface area contributed by atoms with Crippen LogP contribution in [-0.4, -0.2) is 41.7 Å². The fourth-order valence-corrected chi connectivity index (χ4v) is 5.05. The molecule has 3 fully saturated rings. The number of carbonyl (C=O) groups excluding carboxylic acids is 3. The Balaban J connectivity index is 1.49. The molecule has 2 saturated carbocycles. The number of carbonyl (C=O) groups is 3. The van der Waals surface area contributed by atoms with Crippen molar-refractivity contribution in [1.29, 1.82) is 0 Å². The van der Waals surface area contributed by atoms with Crippen molar-refractivity contribution < 1.29 is 43.2 Å². The molecule has 3 unspecified atom stereocenters. The average molecular weight is 489 g/mol. The summed E-state index contributed by atoms with van der Waals surface area (Å²) in [5.41, 5.74) is -0.416. The van der Waals surface area contributed by atoms with E-state index in [-0.39, 0.29) is 28.7 Å². The Morgan fingerprint density at radius 2 is 1.43 bits per heavy atom. The Kier molecular flexibility index (Phi) is 6.96. The molecule has 2 aliphatic heterocycles. The Morgan fingerprint density at radius 3 is 1.94 bits per heavy atom. The van der Waals surface area contributed by atoms with Gasteiger partial charge < -0.3 is 28.8 Å². The van der Waals surface area contributed by atoms with Crippen LogP contribution in [0.25, 0.3) is 0 Å². The minimum absolute atomic E-state index is 0.0420. The molecular formula is C26H32O9. The summed E-state index contributed by atoms with van der Waals surface area (Å²) in [6.07, 6.45) is 11.6. The van der Waals surface area contributed by atoms with Crippen LogP contribution >= 0.6 is 0 Å². The lowest BCUT2D eigenvalue weighted by atomic mass is 9.84. The predicted octanol–water partition coefficient (Wildman–Crippen LogP) is 4.26. The lowest BCUT2D eigenvalue weighted by Crippen LogP contribution is -2.52. The number of esters is 3. The summed E-state index contributed by atoms with van der Waals surface area (Å²) in [5.74, 6) is -4.96. The van der Waals surface area contributed by atoms with E-state index in [1.54, 1.807) is 0 Å². The molecule has 1 saturated heterocycles. The zero-order valence-electron chi connectivity index (χ0n) is 20.3. The van der Waals surface area contributed by atoms with Crippen LogP contribution in [0.15, 0.2) is 47.2 Å². The third-order valence-electron chi connectivity index (χ3n) is 7.35. The Hall–Kier alpha value is -3.23. The van der Waals surface area contributed by atoms with Gasteiger partial charge in [-0.15, -0.1) is 0 Å². The van der Waals surface area contributed by atoms with E-state index in [0.717, 1.165) is 38.5 Å². The summed E-state index contributed by atoms with van der Waals surface area (Å²) < 4.78 is 27.7. The number of ether oxygens (including phenoxy) is 5. The van der Waals surface area contributed by atoms with Gasteiger partial charge in [-0.25, -0.2) is 14.4 Å². The molecule has 0 aromatic rings. The Labute approximate surface area is 204 Å². The Morgan fingerprint density at radius 1 is 0.886 bits per heavy atom. The van der Waals surface area contributed by atoms with E-state index in [1.165, 1.54) is 31.4 Å². The number of rotatable bonds is 4. The number of aliphatic hydroxyl groups excluding tert-OH is 1. The minimum Gasteiger partial charge on any atom is -0.497 e. The first-order chi connectivity index (χ1) is 16.7. The summed E-state index contributed by atoms with van der Waals surface area (Å²) in [6.45, 7) is 3.83. The maximum atomic E-state index is 12.6. The predicted molar refractivity (Wildman–Crippen MR) is 122 cm³/mol. The van der Waals surface area contributed by atoms with Crippen molar-refractivity contribution in [2.45, 2.75) is 76.8 Å². The quantitative estimate of drug-likeness (QED) is 0.204. The maximum absolute atomic E-state index is 12.6. The third kappa shape index (κ3) is 4.81. The van der Waals surface area contributed by atoms with E-state index in [4.69, 9.17) is 23.7 Å². The van der Waals surface area contributed by atoms with Gasteiger partial charge in [0.05, 0.1) is 7.11 Å². The van der Waals surface area contributed by atoms with Crippen LogP contribution in [0.3, 0.4) is 0 Å². The van der Waals surface area contributed by atoms with Gasteiger partial charge in [-0.05, 0) is 50.0 Å². The standard InChI is InChI=1S/C26H32O9/c1-16-8-4-6-14-25(16)32-21(27)19(22(28)33-25)12-10-18(31-3)11-13-20-23(29)34-26(35-24(20)30)15-7-5-9-17(26)2/h10-13,16-17,27H,4-9,14-15H2,1-3H3. The molecule has 2 aliphatic carbocycles. The van der Waals surface area contributed by atoms with Crippen LogP contribution in [0.1, 0.15) is 65.2 Å². The second-order valence-corrected chi connectivity index (χ2v) is 9.59. The van der Waals surface area contributed by atoms with Gasteiger partial charge in [-0.1, -0.05) is 26.7 Å². The fourth-order valence-electron chi connectivity index (χ4n) is 5.05. The SMILES string of the molecule is COC(C=CC1=C(O)OC2(CCCCC2C)OC1=O)=CC=C1C(=O)OC2(CCCCC2C)OC1=O. The molecule has 1 N–H and O–H groups in total. The molecule has 9 heteroatoms. The summed E-state index contributed by atoms with van der Waals surface area (Å²) in [5, 5.41) is 10.4. The van der Waals surface area contributed by atoms with Gasteiger partial charge in [0, 0.05) is 24.7 Å². The van der Waals surface area contributed by atoms with E-state index >= 15 is 0 Å². The van der Waals surface area contributed by atoms with Gasteiger partial charge in [0.25, 0.3) is 17.5 Å². The molecule has 0 aromatic heterocycles. The topological polar surface area (TPSA) is 118 Å². The summed E-state index contributed by atoms with van der Waals surface area (Å²) in [7, 11) is 1.38. The molecule has 4 rings (SSSR count).